The van der Waals surface area contributed by atoms with Crippen molar-refractivity contribution in [2.24, 2.45) is 11.8 Å². The van der Waals surface area contributed by atoms with Crippen molar-refractivity contribution in [3.63, 3.8) is 0 Å². The molecule has 0 amide bonds. The van der Waals surface area contributed by atoms with Crippen LogP contribution in [0.5, 0.6) is 0 Å². The number of ether oxygens (including phenoxy) is 4. The van der Waals surface area contributed by atoms with Crippen LogP contribution in [0.2, 0.25) is 0 Å². The SMILES string of the molecule is CCCCCCCCCCCC(=O)O[C@H](COC(=O)CCCCCCCCCC)COP(=O)(O)OC[C@H](O)COP(=O)(O)OC[C@@H](COC(=O)CCCCCCCCCCCCC(C)C)OC(=O)CCCCCCCCCCCCCCC(C)C. The number of rotatable bonds is 65. The fraction of sp³-hybridized carbons (Fsp3) is 0.939. The van der Waals surface area contributed by atoms with E-state index in [1.54, 1.807) is 0 Å². The third kappa shape index (κ3) is 60.7. The van der Waals surface area contributed by atoms with Gasteiger partial charge in [0.1, 0.15) is 19.3 Å². The maximum Gasteiger partial charge on any atom is 0.472 e. The van der Waals surface area contributed by atoms with Gasteiger partial charge in [-0.25, -0.2) is 9.13 Å². The highest BCUT2D eigenvalue weighted by Gasteiger charge is 2.30. The molecule has 0 aliphatic carbocycles. The van der Waals surface area contributed by atoms with Gasteiger partial charge >= 0.3 is 39.5 Å². The maximum atomic E-state index is 13.0. The summed E-state index contributed by atoms with van der Waals surface area (Å²) in [6, 6.07) is 0. The summed E-state index contributed by atoms with van der Waals surface area (Å²) in [5.74, 6) is -0.598. The van der Waals surface area contributed by atoms with Crippen molar-refractivity contribution in [1.82, 2.24) is 0 Å². The lowest BCUT2D eigenvalue weighted by Crippen LogP contribution is -2.30. The summed E-state index contributed by atoms with van der Waals surface area (Å²) in [5, 5.41) is 10.5. The van der Waals surface area contributed by atoms with Crippen LogP contribution in [-0.4, -0.2) is 96.7 Å². The van der Waals surface area contributed by atoms with Gasteiger partial charge in [-0.2, -0.15) is 0 Å². The van der Waals surface area contributed by atoms with Gasteiger partial charge in [0.25, 0.3) is 0 Å². The molecule has 0 aliphatic heterocycles. The first-order valence-electron chi connectivity index (χ1n) is 34.5. The van der Waals surface area contributed by atoms with Crippen LogP contribution in [-0.2, 0) is 65.4 Å². The Labute approximate surface area is 517 Å². The minimum absolute atomic E-state index is 0.105. The van der Waals surface area contributed by atoms with E-state index in [1.807, 2.05) is 0 Å². The summed E-state index contributed by atoms with van der Waals surface area (Å²) in [5.41, 5.74) is 0. The number of hydrogen-bond acceptors (Lipinski definition) is 15. The van der Waals surface area contributed by atoms with E-state index in [2.05, 4.69) is 41.5 Å². The van der Waals surface area contributed by atoms with Gasteiger partial charge < -0.3 is 33.8 Å². The molecule has 0 aromatic heterocycles. The van der Waals surface area contributed by atoms with Crippen LogP contribution in [0.3, 0.4) is 0 Å². The summed E-state index contributed by atoms with van der Waals surface area (Å²) < 4.78 is 68.0. The zero-order valence-corrected chi connectivity index (χ0v) is 56.7. The maximum absolute atomic E-state index is 13.0. The molecule has 0 heterocycles. The van der Waals surface area contributed by atoms with Gasteiger partial charge in [0.15, 0.2) is 12.2 Å². The Balaban J connectivity index is 5.22. The minimum atomic E-state index is -4.95. The normalized spacial score (nSPS) is 14.2. The second kappa shape index (κ2) is 58.4. The van der Waals surface area contributed by atoms with Gasteiger partial charge in [-0.05, 0) is 37.5 Å². The minimum Gasteiger partial charge on any atom is -0.462 e. The van der Waals surface area contributed by atoms with Gasteiger partial charge in [0, 0.05) is 25.7 Å². The van der Waals surface area contributed by atoms with Gasteiger partial charge in [-0.15, -0.1) is 0 Å². The molecule has 3 N–H and O–H groups in total. The molecule has 0 aromatic carbocycles. The van der Waals surface area contributed by atoms with Crippen LogP contribution in [0.15, 0.2) is 0 Å². The molecule has 0 saturated carbocycles. The molecule has 85 heavy (non-hydrogen) atoms. The van der Waals surface area contributed by atoms with Crippen molar-refractivity contribution in [1.29, 1.82) is 0 Å². The standard InChI is InChI=1S/C66H128O17P2/c1-7-9-11-13-15-23-32-38-44-50-65(70)82-61(54-76-63(68)48-42-36-30-16-14-12-10-8-2)56-80-84(72,73)78-52-60(67)53-79-85(74,75)81-57-62(55-77-64(69)49-43-37-31-26-22-21-25-29-35-41-47-59(5)6)83-66(71)51-45-39-33-27-20-18-17-19-24-28-34-40-46-58(3)4/h58-62,67H,7-57H2,1-6H3,(H,72,73)(H,74,75)/t60-,61+,62+/m0/s1. The van der Waals surface area contributed by atoms with E-state index in [-0.39, 0.29) is 25.7 Å². The first-order chi connectivity index (χ1) is 40.9. The highest BCUT2D eigenvalue weighted by atomic mass is 31.2. The average Bonchev–Trinajstić information content (AvgIpc) is 3.55. The van der Waals surface area contributed by atoms with Crippen LogP contribution in [0, 0.1) is 11.8 Å². The van der Waals surface area contributed by atoms with Crippen LogP contribution in [0.1, 0.15) is 330 Å². The zero-order valence-electron chi connectivity index (χ0n) is 54.9. The lowest BCUT2D eigenvalue weighted by Gasteiger charge is -2.21. The molecule has 0 saturated heterocycles. The Morgan fingerprint density at radius 3 is 0.800 bits per heavy atom. The second-order valence-electron chi connectivity index (χ2n) is 24.8. The van der Waals surface area contributed by atoms with Crippen molar-refractivity contribution in [2.75, 3.05) is 39.6 Å². The summed E-state index contributed by atoms with van der Waals surface area (Å²) in [4.78, 5) is 72.2. The van der Waals surface area contributed by atoms with Gasteiger partial charge in [-0.3, -0.25) is 37.3 Å². The highest BCUT2D eigenvalue weighted by Crippen LogP contribution is 2.45. The molecule has 2 unspecified atom stereocenters. The third-order valence-corrected chi connectivity index (χ3v) is 17.1. The van der Waals surface area contributed by atoms with Crippen molar-refractivity contribution < 1.29 is 80.2 Å². The number of unbranched alkanes of at least 4 members (excludes halogenated alkanes) is 35. The predicted octanol–water partition coefficient (Wildman–Crippen LogP) is 18.4. The van der Waals surface area contributed by atoms with E-state index in [9.17, 15) is 43.2 Å². The van der Waals surface area contributed by atoms with Crippen molar-refractivity contribution in [2.45, 2.75) is 349 Å². The molecule has 17 nitrogen and oxygen atoms in total. The van der Waals surface area contributed by atoms with Crippen LogP contribution < -0.4 is 0 Å². The van der Waals surface area contributed by atoms with Crippen LogP contribution >= 0.6 is 15.6 Å². The Morgan fingerprint density at radius 2 is 0.541 bits per heavy atom. The molecule has 0 fully saturated rings. The third-order valence-electron chi connectivity index (χ3n) is 15.2. The molecule has 0 bridgehead atoms. The van der Waals surface area contributed by atoms with Crippen molar-refractivity contribution >= 4 is 39.5 Å². The monoisotopic (exact) mass is 1250 g/mol. The lowest BCUT2D eigenvalue weighted by atomic mass is 10.0. The lowest BCUT2D eigenvalue weighted by molar-refractivity contribution is -0.161. The first kappa shape index (κ1) is 83.1. The number of hydrogen-bond donors (Lipinski definition) is 3. The summed E-state index contributed by atoms with van der Waals surface area (Å²) in [7, 11) is -9.89. The molecular weight excluding hydrogens is 1130 g/mol. The van der Waals surface area contributed by atoms with Crippen LogP contribution in [0.4, 0.5) is 0 Å². The van der Waals surface area contributed by atoms with Gasteiger partial charge in [0.2, 0.25) is 0 Å². The van der Waals surface area contributed by atoms with E-state index >= 15 is 0 Å². The number of esters is 4. The molecule has 0 aliphatic rings. The van der Waals surface area contributed by atoms with E-state index in [0.717, 1.165) is 108 Å². The van der Waals surface area contributed by atoms with E-state index in [4.69, 9.17) is 37.0 Å². The number of phosphoric ester groups is 2. The Hall–Kier alpha value is -1.94. The summed E-state index contributed by atoms with van der Waals surface area (Å²) in [6.45, 7) is 9.48. The molecule has 504 valence electrons. The Bertz CT molecular complexity index is 1670. The zero-order chi connectivity index (χ0) is 62.9. The number of phosphoric acid groups is 2. The van der Waals surface area contributed by atoms with Crippen LogP contribution in [0.25, 0.3) is 0 Å². The fourth-order valence-corrected chi connectivity index (χ4v) is 11.5. The topological polar surface area (TPSA) is 237 Å². The van der Waals surface area contributed by atoms with E-state index in [0.29, 0.717) is 25.7 Å². The van der Waals surface area contributed by atoms with Gasteiger partial charge in [0.05, 0.1) is 26.4 Å². The highest BCUT2D eigenvalue weighted by molar-refractivity contribution is 7.47. The molecule has 0 rings (SSSR count). The number of aliphatic hydroxyl groups is 1. The Kier molecular flexibility index (Phi) is 57.1. The molecule has 0 radical (unpaired) electrons. The second-order valence-corrected chi connectivity index (χ2v) is 27.7. The molecule has 19 heteroatoms. The van der Waals surface area contributed by atoms with E-state index in [1.165, 1.54) is 141 Å². The first-order valence-corrected chi connectivity index (χ1v) is 37.5. The molecule has 5 atom stereocenters. The molecule has 0 aromatic rings. The largest absolute Gasteiger partial charge is 0.472 e. The molecular formula is C66H128O17P2. The fourth-order valence-electron chi connectivity index (χ4n) is 9.88. The number of carbonyl (C=O) groups is 4. The number of carbonyl (C=O) groups excluding carboxylic acids is 4. The Morgan fingerprint density at radius 1 is 0.318 bits per heavy atom. The van der Waals surface area contributed by atoms with Crippen molar-refractivity contribution in [3.8, 4) is 0 Å². The summed E-state index contributed by atoms with van der Waals surface area (Å²) in [6.07, 6.45) is 41.7. The van der Waals surface area contributed by atoms with Crippen molar-refractivity contribution in [3.05, 3.63) is 0 Å². The molecule has 0 spiro atoms. The van der Waals surface area contributed by atoms with Gasteiger partial charge in [-0.1, -0.05) is 279 Å². The smallest absolute Gasteiger partial charge is 0.462 e. The number of aliphatic hydroxyl groups excluding tert-OH is 1. The van der Waals surface area contributed by atoms with E-state index < -0.39 is 97.5 Å². The quantitative estimate of drug-likeness (QED) is 0.0222. The predicted molar refractivity (Wildman–Crippen MR) is 340 cm³/mol. The average molecular weight is 1260 g/mol. The summed E-state index contributed by atoms with van der Waals surface area (Å²) >= 11 is 0.